The number of nitro groups is 1. The zero-order valence-electron chi connectivity index (χ0n) is 14.7. The molecule has 0 aliphatic heterocycles. The van der Waals surface area contributed by atoms with E-state index in [4.69, 9.17) is 11.6 Å². The van der Waals surface area contributed by atoms with Gasteiger partial charge in [0.05, 0.1) is 4.92 Å². The van der Waals surface area contributed by atoms with Crippen molar-refractivity contribution in [1.29, 1.82) is 0 Å². The summed E-state index contributed by atoms with van der Waals surface area (Å²) in [6.45, 7) is 7.20. The molecule has 0 bridgehead atoms. The van der Waals surface area contributed by atoms with E-state index in [0.717, 1.165) is 0 Å². The van der Waals surface area contributed by atoms with E-state index < -0.39 is 16.3 Å². The molecule has 2 aromatic carbocycles. The van der Waals surface area contributed by atoms with Crippen molar-refractivity contribution >= 4 is 35.0 Å². The van der Waals surface area contributed by atoms with Gasteiger partial charge < -0.3 is 10.2 Å². The van der Waals surface area contributed by atoms with Crippen molar-refractivity contribution in [1.82, 2.24) is 0 Å². The predicted octanol–water partition coefficient (Wildman–Crippen LogP) is 5.41. The van der Waals surface area contributed by atoms with Crippen molar-refractivity contribution in [3.63, 3.8) is 0 Å². The first kappa shape index (κ1) is 20.1. The average molecular weight is 396 g/mol. The van der Waals surface area contributed by atoms with Crippen LogP contribution in [0.15, 0.2) is 34.1 Å². The Morgan fingerprint density at radius 3 is 2.38 bits per heavy atom. The third kappa shape index (κ3) is 3.94. The second-order valence-electron chi connectivity index (χ2n) is 6.80. The van der Waals surface area contributed by atoms with Gasteiger partial charge in [-0.25, -0.2) is 4.79 Å². The number of hydrogen-bond acceptors (Lipinski definition) is 5. The van der Waals surface area contributed by atoms with E-state index in [-0.39, 0.29) is 22.0 Å². The van der Waals surface area contributed by atoms with Gasteiger partial charge in [-0.05, 0) is 36.1 Å². The average Bonchev–Trinajstić information content (AvgIpc) is 2.50. The number of aromatic hydroxyl groups is 1. The molecule has 2 N–H and O–H groups in total. The Morgan fingerprint density at radius 1 is 1.27 bits per heavy atom. The second-order valence-corrected chi connectivity index (χ2v) is 8.32. The van der Waals surface area contributed by atoms with Gasteiger partial charge in [0.2, 0.25) is 0 Å². The number of phenols is 1. The standard InChI is InChI=1S/C18H18ClNO5S/c1-9-14(26-10-5-6-12(19)13(7-10)20(24)25)8-11(18(2,3)4)16(21)15(9)17(22)23/h5-8,21H,1-4H3,(H,22,23). The highest BCUT2D eigenvalue weighted by Gasteiger charge is 2.27. The fourth-order valence-corrected chi connectivity index (χ4v) is 3.68. The van der Waals surface area contributed by atoms with Crippen LogP contribution in [0.4, 0.5) is 5.69 Å². The maximum Gasteiger partial charge on any atom is 0.339 e. The van der Waals surface area contributed by atoms with E-state index in [1.165, 1.54) is 23.9 Å². The highest BCUT2D eigenvalue weighted by Crippen LogP contribution is 2.42. The van der Waals surface area contributed by atoms with Gasteiger partial charge in [-0.15, -0.1) is 0 Å². The van der Waals surface area contributed by atoms with Gasteiger partial charge >= 0.3 is 5.97 Å². The van der Waals surface area contributed by atoms with Crippen LogP contribution in [0.5, 0.6) is 5.75 Å². The van der Waals surface area contributed by atoms with Crippen LogP contribution in [0.2, 0.25) is 5.02 Å². The number of carboxylic acids is 1. The van der Waals surface area contributed by atoms with Crippen LogP contribution in [-0.2, 0) is 5.41 Å². The van der Waals surface area contributed by atoms with Gasteiger partial charge in [0.1, 0.15) is 16.3 Å². The molecule has 0 amide bonds. The lowest BCUT2D eigenvalue weighted by atomic mass is 9.84. The third-order valence-corrected chi connectivity index (χ3v) is 5.33. The molecule has 138 valence electrons. The van der Waals surface area contributed by atoms with E-state index in [9.17, 15) is 25.1 Å². The molecule has 26 heavy (non-hydrogen) atoms. The maximum atomic E-state index is 11.6. The van der Waals surface area contributed by atoms with Crippen LogP contribution in [0.3, 0.4) is 0 Å². The molecule has 0 aliphatic carbocycles. The lowest BCUT2D eigenvalue weighted by molar-refractivity contribution is -0.384. The minimum Gasteiger partial charge on any atom is -0.507 e. The molecule has 0 fully saturated rings. The molecule has 0 saturated carbocycles. The Labute approximate surface area is 160 Å². The van der Waals surface area contributed by atoms with Crippen molar-refractivity contribution in [2.24, 2.45) is 0 Å². The molecule has 0 radical (unpaired) electrons. The first-order valence-corrected chi connectivity index (χ1v) is 8.85. The topological polar surface area (TPSA) is 101 Å². The van der Waals surface area contributed by atoms with Gasteiger partial charge in [-0.1, -0.05) is 44.1 Å². The smallest absolute Gasteiger partial charge is 0.339 e. The maximum absolute atomic E-state index is 11.6. The summed E-state index contributed by atoms with van der Waals surface area (Å²) in [5, 5.41) is 31.0. The molecule has 2 aromatic rings. The van der Waals surface area contributed by atoms with Crippen LogP contribution in [0.1, 0.15) is 42.3 Å². The number of hydrogen-bond donors (Lipinski definition) is 2. The highest BCUT2D eigenvalue weighted by atomic mass is 35.5. The number of benzene rings is 2. The summed E-state index contributed by atoms with van der Waals surface area (Å²) in [4.78, 5) is 23.3. The van der Waals surface area contributed by atoms with E-state index in [2.05, 4.69) is 0 Å². The number of carbonyl (C=O) groups is 1. The summed E-state index contributed by atoms with van der Waals surface area (Å²) in [5.74, 6) is -1.48. The minimum atomic E-state index is -1.23. The Balaban J connectivity index is 2.63. The van der Waals surface area contributed by atoms with Crippen molar-refractivity contribution < 1.29 is 19.9 Å². The van der Waals surface area contributed by atoms with Crippen molar-refractivity contribution in [2.45, 2.75) is 42.9 Å². The number of nitrogens with zero attached hydrogens (tertiary/aromatic N) is 1. The van der Waals surface area contributed by atoms with E-state index >= 15 is 0 Å². The molecule has 0 unspecified atom stereocenters. The van der Waals surface area contributed by atoms with Crippen molar-refractivity contribution in [3.05, 3.63) is 56.1 Å². The quantitative estimate of drug-likeness (QED) is 0.530. The number of aromatic carboxylic acids is 1. The van der Waals surface area contributed by atoms with Crippen LogP contribution < -0.4 is 0 Å². The number of nitro benzene ring substituents is 1. The zero-order valence-corrected chi connectivity index (χ0v) is 16.2. The first-order valence-electron chi connectivity index (χ1n) is 7.65. The monoisotopic (exact) mass is 395 g/mol. The largest absolute Gasteiger partial charge is 0.507 e. The summed E-state index contributed by atoms with van der Waals surface area (Å²) in [5.41, 5.74) is 0.0200. The van der Waals surface area contributed by atoms with Crippen LogP contribution >= 0.6 is 23.4 Å². The highest BCUT2D eigenvalue weighted by molar-refractivity contribution is 7.99. The van der Waals surface area contributed by atoms with Crippen molar-refractivity contribution in [3.8, 4) is 5.75 Å². The molecular weight excluding hydrogens is 378 g/mol. The summed E-state index contributed by atoms with van der Waals surface area (Å²) < 4.78 is 0. The number of rotatable bonds is 4. The van der Waals surface area contributed by atoms with Gasteiger partial charge in [0, 0.05) is 21.4 Å². The molecule has 0 saturated heterocycles. The van der Waals surface area contributed by atoms with Gasteiger partial charge in [0.15, 0.2) is 0 Å². The molecular formula is C18H18ClNO5S. The zero-order chi connectivity index (χ0) is 19.8. The summed E-state index contributed by atoms with van der Waals surface area (Å²) in [6, 6.07) is 6.13. The molecule has 0 heterocycles. The minimum absolute atomic E-state index is 0.0309. The molecule has 2 rings (SSSR count). The van der Waals surface area contributed by atoms with Gasteiger partial charge in [-0.2, -0.15) is 0 Å². The van der Waals surface area contributed by atoms with Gasteiger partial charge in [0.25, 0.3) is 5.69 Å². The normalized spacial score (nSPS) is 11.4. The Kier molecular flexibility index (Phi) is 5.53. The lowest BCUT2D eigenvalue weighted by Gasteiger charge is -2.24. The van der Waals surface area contributed by atoms with E-state index in [1.54, 1.807) is 19.1 Å². The Bertz CT molecular complexity index is 905. The Hall–Kier alpha value is -2.25. The summed E-state index contributed by atoms with van der Waals surface area (Å²) >= 11 is 7.02. The van der Waals surface area contributed by atoms with Crippen molar-refractivity contribution in [2.75, 3.05) is 0 Å². The molecule has 0 aromatic heterocycles. The molecule has 0 aliphatic rings. The molecule has 0 spiro atoms. The number of carboxylic acid groups (broad SMARTS) is 1. The Morgan fingerprint density at radius 2 is 1.88 bits per heavy atom. The van der Waals surface area contributed by atoms with E-state index in [1.807, 2.05) is 20.8 Å². The van der Waals surface area contributed by atoms with Gasteiger partial charge in [-0.3, -0.25) is 10.1 Å². The van der Waals surface area contributed by atoms with Crippen LogP contribution in [0, 0.1) is 17.0 Å². The molecule has 6 nitrogen and oxygen atoms in total. The summed E-state index contributed by atoms with van der Waals surface area (Å²) in [7, 11) is 0. The fourth-order valence-electron chi connectivity index (χ4n) is 2.51. The molecule has 8 heteroatoms. The van der Waals surface area contributed by atoms with Crippen LogP contribution in [-0.4, -0.2) is 21.1 Å². The lowest BCUT2D eigenvalue weighted by Crippen LogP contribution is -2.14. The SMILES string of the molecule is Cc1c(Sc2ccc(Cl)c([N+](=O)[O-])c2)cc(C(C)(C)C)c(O)c1C(=O)O. The molecule has 0 atom stereocenters. The second kappa shape index (κ2) is 7.17. The fraction of sp³-hybridized carbons (Fsp3) is 0.278. The number of halogens is 1. The first-order chi connectivity index (χ1) is 11.9. The third-order valence-electron chi connectivity index (χ3n) is 3.88. The summed E-state index contributed by atoms with van der Waals surface area (Å²) in [6.07, 6.45) is 0. The van der Waals surface area contributed by atoms with Crippen LogP contribution in [0.25, 0.3) is 0 Å². The predicted molar refractivity (Wildman–Crippen MR) is 101 cm³/mol. The van der Waals surface area contributed by atoms with E-state index in [0.29, 0.717) is 20.9 Å².